The van der Waals surface area contributed by atoms with E-state index in [4.69, 9.17) is 16.3 Å². The number of ether oxygens (including phenoxy) is 1. The Bertz CT molecular complexity index is 472. The molecule has 1 aliphatic heterocycles. The number of hydrogen-bond donors (Lipinski definition) is 1. The van der Waals surface area contributed by atoms with E-state index in [0.29, 0.717) is 11.6 Å². The van der Waals surface area contributed by atoms with Gasteiger partial charge in [-0.1, -0.05) is 30.7 Å². The van der Waals surface area contributed by atoms with Crippen molar-refractivity contribution in [3.63, 3.8) is 0 Å². The first-order valence-corrected chi connectivity index (χ1v) is 8.36. The number of likely N-dealkylation sites (N-methyl/N-ethyl adjacent to an activating group) is 1. The summed E-state index contributed by atoms with van der Waals surface area (Å²) >= 11 is 5.91. The van der Waals surface area contributed by atoms with Crippen LogP contribution in [-0.2, 0) is 4.74 Å². The van der Waals surface area contributed by atoms with Crippen molar-refractivity contribution in [3.05, 3.63) is 34.9 Å². The molecule has 1 N–H and O–H groups in total. The Balaban J connectivity index is 1.89. The molecule has 1 aromatic carbocycles. The molecule has 5 heteroatoms. The van der Waals surface area contributed by atoms with Crippen LogP contribution in [-0.4, -0.2) is 37.2 Å². The average Bonchev–Trinajstić information content (AvgIpc) is 2.54. The minimum absolute atomic E-state index is 0.000471. The SMILES string of the molecule is CCC(NC(=O)N(C)CC1CCCCO1)c1ccc(Cl)cc1. The van der Waals surface area contributed by atoms with Gasteiger partial charge in [-0.05, 0) is 43.4 Å². The number of carbonyl (C=O) groups is 1. The maximum Gasteiger partial charge on any atom is 0.317 e. The molecule has 0 saturated carbocycles. The van der Waals surface area contributed by atoms with E-state index in [0.717, 1.165) is 31.4 Å². The highest BCUT2D eigenvalue weighted by Gasteiger charge is 2.20. The van der Waals surface area contributed by atoms with Gasteiger partial charge in [0.1, 0.15) is 0 Å². The minimum Gasteiger partial charge on any atom is -0.376 e. The van der Waals surface area contributed by atoms with E-state index in [-0.39, 0.29) is 18.2 Å². The van der Waals surface area contributed by atoms with Gasteiger partial charge in [0.05, 0.1) is 12.1 Å². The van der Waals surface area contributed by atoms with Crippen molar-refractivity contribution < 1.29 is 9.53 Å². The largest absolute Gasteiger partial charge is 0.376 e. The first-order chi connectivity index (χ1) is 10.6. The Labute approximate surface area is 137 Å². The maximum atomic E-state index is 12.4. The van der Waals surface area contributed by atoms with Gasteiger partial charge in [-0.15, -0.1) is 0 Å². The van der Waals surface area contributed by atoms with Crippen LogP contribution in [0.4, 0.5) is 4.79 Å². The molecule has 0 radical (unpaired) electrons. The zero-order valence-electron chi connectivity index (χ0n) is 13.3. The summed E-state index contributed by atoms with van der Waals surface area (Å²) in [4.78, 5) is 14.1. The van der Waals surface area contributed by atoms with Crippen molar-refractivity contribution in [2.75, 3.05) is 20.2 Å². The topological polar surface area (TPSA) is 41.6 Å². The third-order valence-corrected chi connectivity index (χ3v) is 4.33. The number of nitrogens with zero attached hydrogens (tertiary/aromatic N) is 1. The molecule has 2 atom stereocenters. The first kappa shape index (κ1) is 17.1. The summed E-state index contributed by atoms with van der Waals surface area (Å²) in [6.45, 7) is 3.51. The van der Waals surface area contributed by atoms with Crippen LogP contribution in [0.25, 0.3) is 0 Å². The summed E-state index contributed by atoms with van der Waals surface area (Å²) in [6.07, 6.45) is 4.34. The van der Waals surface area contributed by atoms with Crippen LogP contribution in [0.15, 0.2) is 24.3 Å². The van der Waals surface area contributed by atoms with Gasteiger partial charge in [0.25, 0.3) is 0 Å². The van der Waals surface area contributed by atoms with Crippen LogP contribution in [0.2, 0.25) is 5.02 Å². The molecule has 1 aromatic rings. The number of halogens is 1. The highest BCUT2D eigenvalue weighted by atomic mass is 35.5. The van der Waals surface area contributed by atoms with Crippen molar-refractivity contribution >= 4 is 17.6 Å². The Morgan fingerprint density at radius 1 is 1.41 bits per heavy atom. The Morgan fingerprint density at radius 3 is 2.73 bits per heavy atom. The quantitative estimate of drug-likeness (QED) is 0.889. The molecule has 0 bridgehead atoms. The molecular formula is C17H25ClN2O2. The number of nitrogens with one attached hydrogen (secondary N) is 1. The monoisotopic (exact) mass is 324 g/mol. The van der Waals surface area contributed by atoms with Crippen LogP contribution in [0.1, 0.15) is 44.2 Å². The first-order valence-electron chi connectivity index (χ1n) is 7.99. The van der Waals surface area contributed by atoms with Gasteiger partial charge in [0, 0.05) is 25.2 Å². The summed E-state index contributed by atoms with van der Waals surface area (Å²) in [6, 6.07) is 7.56. The molecule has 2 rings (SSSR count). The van der Waals surface area contributed by atoms with E-state index in [9.17, 15) is 4.79 Å². The lowest BCUT2D eigenvalue weighted by atomic mass is 10.0. The van der Waals surface area contributed by atoms with Crippen LogP contribution >= 0.6 is 11.6 Å². The van der Waals surface area contributed by atoms with Gasteiger partial charge >= 0.3 is 6.03 Å². The number of urea groups is 1. The molecule has 1 saturated heterocycles. The van der Waals surface area contributed by atoms with Crippen molar-refractivity contribution in [1.29, 1.82) is 0 Å². The fraction of sp³-hybridized carbons (Fsp3) is 0.588. The van der Waals surface area contributed by atoms with E-state index in [2.05, 4.69) is 12.2 Å². The molecule has 1 fully saturated rings. The number of hydrogen-bond acceptors (Lipinski definition) is 2. The highest BCUT2D eigenvalue weighted by Crippen LogP contribution is 2.20. The summed E-state index contributed by atoms with van der Waals surface area (Å²) in [5.41, 5.74) is 1.07. The molecule has 1 aliphatic rings. The van der Waals surface area contributed by atoms with Gasteiger partial charge < -0.3 is 15.0 Å². The van der Waals surface area contributed by atoms with E-state index in [1.54, 1.807) is 4.90 Å². The number of benzene rings is 1. The zero-order valence-corrected chi connectivity index (χ0v) is 14.1. The summed E-state index contributed by atoms with van der Waals surface area (Å²) < 4.78 is 5.69. The van der Waals surface area contributed by atoms with Gasteiger partial charge in [-0.3, -0.25) is 0 Å². The highest BCUT2D eigenvalue weighted by molar-refractivity contribution is 6.30. The fourth-order valence-electron chi connectivity index (χ4n) is 2.72. The molecule has 22 heavy (non-hydrogen) atoms. The van der Waals surface area contributed by atoms with Crippen LogP contribution < -0.4 is 5.32 Å². The Hall–Kier alpha value is -1.26. The summed E-state index contributed by atoms with van der Waals surface area (Å²) in [5, 5.41) is 3.79. The second-order valence-electron chi connectivity index (χ2n) is 5.83. The number of amides is 2. The summed E-state index contributed by atoms with van der Waals surface area (Å²) in [7, 11) is 1.82. The molecule has 1 heterocycles. The van der Waals surface area contributed by atoms with E-state index < -0.39 is 0 Å². The molecule has 4 nitrogen and oxygen atoms in total. The normalized spacial score (nSPS) is 19.5. The van der Waals surface area contributed by atoms with Gasteiger partial charge in [-0.2, -0.15) is 0 Å². The summed E-state index contributed by atoms with van der Waals surface area (Å²) in [5.74, 6) is 0. The number of carbonyl (C=O) groups excluding carboxylic acids is 1. The Morgan fingerprint density at radius 2 is 2.14 bits per heavy atom. The van der Waals surface area contributed by atoms with E-state index in [1.807, 2.05) is 31.3 Å². The standard InChI is InChI=1S/C17H25ClN2O2/c1-3-16(13-7-9-14(18)10-8-13)19-17(21)20(2)12-15-6-4-5-11-22-15/h7-10,15-16H,3-6,11-12H2,1-2H3,(H,19,21). The van der Waals surface area contributed by atoms with Gasteiger partial charge in [0.15, 0.2) is 0 Å². The van der Waals surface area contributed by atoms with Crippen molar-refractivity contribution in [1.82, 2.24) is 10.2 Å². The van der Waals surface area contributed by atoms with E-state index >= 15 is 0 Å². The molecule has 0 aromatic heterocycles. The second-order valence-corrected chi connectivity index (χ2v) is 6.27. The molecule has 2 unspecified atom stereocenters. The minimum atomic E-state index is -0.0593. The van der Waals surface area contributed by atoms with E-state index in [1.165, 1.54) is 6.42 Å². The molecule has 0 spiro atoms. The Kier molecular flexibility index (Phi) is 6.52. The molecule has 0 aliphatic carbocycles. The van der Waals surface area contributed by atoms with Gasteiger partial charge in [-0.25, -0.2) is 4.79 Å². The van der Waals surface area contributed by atoms with Crippen molar-refractivity contribution in [2.45, 2.75) is 44.8 Å². The predicted molar refractivity (Wildman–Crippen MR) is 89.2 cm³/mol. The zero-order chi connectivity index (χ0) is 15.9. The lowest BCUT2D eigenvalue weighted by molar-refractivity contribution is 0.00370. The lowest BCUT2D eigenvalue weighted by Crippen LogP contribution is -2.43. The lowest BCUT2D eigenvalue weighted by Gasteiger charge is -2.29. The smallest absolute Gasteiger partial charge is 0.317 e. The van der Waals surface area contributed by atoms with Crippen molar-refractivity contribution in [3.8, 4) is 0 Å². The fourth-order valence-corrected chi connectivity index (χ4v) is 2.84. The maximum absolute atomic E-state index is 12.4. The predicted octanol–water partition coefficient (Wildman–Crippen LogP) is 4.00. The van der Waals surface area contributed by atoms with Gasteiger partial charge in [0.2, 0.25) is 0 Å². The molecular weight excluding hydrogens is 300 g/mol. The van der Waals surface area contributed by atoms with Crippen LogP contribution in [0.5, 0.6) is 0 Å². The second kappa shape index (κ2) is 8.39. The average molecular weight is 325 g/mol. The number of rotatable bonds is 5. The third-order valence-electron chi connectivity index (χ3n) is 4.08. The molecule has 122 valence electrons. The molecule has 2 amide bonds. The van der Waals surface area contributed by atoms with Crippen LogP contribution in [0.3, 0.4) is 0 Å². The van der Waals surface area contributed by atoms with Crippen LogP contribution in [0, 0.1) is 0 Å². The third kappa shape index (κ3) is 4.89. The van der Waals surface area contributed by atoms with Crippen molar-refractivity contribution in [2.24, 2.45) is 0 Å².